The molecular formula is C37H21N5S. The van der Waals surface area contributed by atoms with E-state index in [-0.39, 0.29) is 0 Å². The fraction of sp³-hybridized carbons (Fsp3) is 0. The number of rotatable bonds is 2. The molecule has 0 aliphatic heterocycles. The number of thiophene rings is 1. The summed E-state index contributed by atoms with van der Waals surface area (Å²) in [5.74, 6) is 0.658. The number of para-hydroxylation sites is 3. The molecule has 0 aliphatic rings. The number of benzene rings is 5. The van der Waals surface area contributed by atoms with Crippen molar-refractivity contribution in [1.29, 1.82) is 0 Å². The largest absolute Gasteiger partial charge is 0.354 e. The average Bonchev–Trinajstić information content (AvgIpc) is 3.74. The molecule has 1 N–H and O–H groups in total. The van der Waals surface area contributed by atoms with E-state index in [0.29, 0.717) is 5.95 Å². The van der Waals surface area contributed by atoms with Crippen molar-refractivity contribution >= 4 is 86.2 Å². The zero-order chi connectivity index (χ0) is 28.1. The van der Waals surface area contributed by atoms with Crippen molar-refractivity contribution in [3.8, 4) is 17.2 Å². The number of fused-ring (bicyclic) bond motifs is 13. The van der Waals surface area contributed by atoms with Gasteiger partial charge < -0.3 is 4.98 Å². The SMILES string of the molecule is c1ccc(-c2nc(-n3c4ccccc4c4c5[nH]c6ccccc6c5c5c6cccnc6sc5c43)nc3ccccc23)cc1. The molecule has 10 aromatic rings. The predicted molar refractivity (Wildman–Crippen MR) is 179 cm³/mol. The Labute approximate surface area is 248 Å². The molecule has 0 unspecified atom stereocenters. The van der Waals surface area contributed by atoms with E-state index in [1.54, 1.807) is 11.3 Å². The van der Waals surface area contributed by atoms with Gasteiger partial charge in [0.15, 0.2) is 0 Å². The topological polar surface area (TPSA) is 59.4 Å². The van der Waals surface area contributed by atoms with Gasteiger partial charge in [-0.15, -0.1) is 11.3 Å². The first-order chi connectivity index (χ1) is 21.3. The summed E-state index contributed by atoms with van der Waals surface area (Å²) in [6.07, 6.45) is 1.88. The van der Waals surface area contributed by atoms with Gasteiger partial charge in [0, 0.05) is 55.0 Å². The Bertz CT molecular complexity index is 2730. The zero-order valence-electron chi connectivity index (χ0n) is 22.7. The minimum atomic E-state index is 0.658. The highest BCUT2D eigenvalue weighted by Crippen LogP contribution is 2.49. The summed E-state index contributed by atoms with van der Waals surface area (Å²) in [6.45, 7) is 0. The van der Waals surface area contributed by atoms with E-state index < -0.39 is 0 Å². The van der Waals surface area contributed by atoms with Crippen molar-refractivity contribution in [2.45, 2.75) is 0 Å². The summed E-state index contributed by atoms with van der Waals surface area (Å²) in [5, 5.41) is 8.23. The molecule has 43 heavy (non-hydrogen) atoms. The lowest BCUT2D eigenvalue weighted by atomic mass is 10.0. The lowest BCUT2D eigenvalue weighted by Gasteiger charge is -2.12. The third kappa shape index (κ3) is 3.07. The van der Waals surface area contributed by atoms with Crippen LogP contribution in [-0.4, -0.2) is 24.5 Å². The highest BCUT2D eigenvalue weighted by atomic mass is 32.1. The summed E-state index contributed by atoms with van der Waals surface area (Å²) in [4.78, 5) is 20.2. The number of hydrogen-bond donors (Lipinski definition) is 1. The normalized spacial score (nSPS) is 12.2. The predicted octanol–water partition coefficient (Wildman–Crippen LogP) is 9.79. The number of aromatic nitrogens is 5. The van der Waals surface area contributed by atoms with Crippen molar-refractivity contribution < 1.29 is 0 Å². The second kappa shape index (κ2) is 8.47. The molecule has 0 spiro atoms. The van der Waals surface area contributed by atoms with E-state index in [9.17, 15) is 0 Å². The summed E-state index contributed by atoms with van der Waals surface area (Å²) in [6, 6.07) is 40.1. The molecule has 5 aromatic heterocycles. The monoisotopic (exact) mass is 567 g/mol. The van der Waals surface area contributed by atoms with E-state index in [0.717, 1.165) is 49.1 Å². The number of pyridine rings is 1. The van der Waals surface area contributed by atoms with Gasteiger partial charge >= 0.3 is 0 Å². The molecular weight excluding hydrogens is 547 g/mol. The number of nitrogens with zero attached hydrogens (tertiary/aromatic N) is 4. The van der Waals surface area contributed by atoms with Gasteiger partial charge in [-0.3, -0.25) is 4.57 Å². The third-order valence-electron chi connectivity index (χ3n) is 8.60. The van der Waals surface area contributed by atoms with Crippen LogP contribution in [-0.2, 0) is 0 Å². The summed E-state index contributed by atoms with van der Waals surface area (Å²) < 4.78 is 3.46. The van der Waals surface area contributed by atoms with Crippen LogP contribution in [0, 0.1) is 0 Å². The maximum atomic E-state index is 5.33. The zero-order valence-corrected chi connectivity index (χ0v) is 23.6. The van der Waals surface area contributed by atoms with Crippen LogP contribution in [0.15, 0.2) is 121 Å². The Morgan fingerprint density at radius 1 is 0.605 bits per heavy atom. The molecule has 5 nitrogen and oxygen atoms in total. The van der Waals surface area contributed by atoms with Gasteiger partial charge in [0.2, 0.25) is 5.95 Å². The van der Waals surface area contributed by atoms with Crippen LogP contribution >= 0.6 is 11.3 Å². The number of H-pyrrole nitrogens is 1. The van der Waals surface area contributed by atoms with Gasteiger partial charge in [0.25, 0.3) is 0 Å². The van der Waals surface area contributed by atoms with Crippen molar-refractivity contribution in [3.63, 3.8) is 0 Å². The molecule has 5 aromatic carbocycles. The Kier molecular flexibility index (Phi) is 4.54. The van der Waals surface area contributed by atoms with Crippen molar-refractivity contribution in [3.05, 3.63) is 121 Å². The highest BCUT2D eigenvalue weighted by Gasteiger charge is 2.25. The van der Waals surface area contributed by atoms with Crippen LogP contribution in [0.3, 0.4) is 0 Å². The summed E-state index contributed by atoms with van der Waals surface area (Å²) >= 11 is 1.74. The number of nitrogens with one attached hydrogen (secondary N) is 1. The molecule has 0 fully saturated rings. The molecule has 0 amide bonds. The Morgan fingerprint density at radius 3 is 2.26 bits per heavy atom. The Morgan fingerprint density at radius 2 is 1.35 bits per heavy atom. The molecule has 0 saturated carbocycles. The van der Waals surface area contributed by atoms with Crippen LogP contribution in [0.4, 0.5) is 0 Å². The summed E-state index contributed by atoms with van der Waals surface area (Å²) in [5.41, 5.74) is 7.34. The van der Waals surface area contributed by atoms with Crippen LogP contribution in [0.1, 0.15) is 0 Å². The first-order valence-electron chi connectivity index (χ1n) is 14.3. The minimum Gasteiger partial charge on any atom is -0.354 e. The minimum absolute atomic E-state index is 0.658. The maximum Gasteiger partial charge on any atom is 0.235 e. The fourth-order valence-corrected chi connectivity index (χ4v) is 8.02. The molecule has 0 saturated heterocycles. The van der Waals surface area contributed by atoms with E-state index in [2.05, 4.69) is 107 Å². The molecule has 5 heterocycles. The second-order valence-corrected chi connectivity index (χ2v) is 11.9. The third-order valence-corrected chi connectivity index (χ3v) is 9.72. The van der Waals surface area contributed by atoms with Crippen LogP contribution < -0.4 is 0 Å². The molecule has 0 radical (unpaired) electrons. The van der Waals surface area contributed by atoms with Gasteiger partial charge in [-0.1, -0.05) is 84.9 Å². The van der Waals surface area contributed by atoms with Crippen molar-refractivity contribution in [2.75, 3.05) is 0 Å². The Hall–Kier alpha value is -5.59. The molecule has 200 valence electrons. The van der Waals surface area contributed by atoms with Gasteiger partial charge in [-0.2, -0.15) is 0 Å². The summed E-state index contributed by atoms with van der Waals surface area (Å²) in [7, 11) is 0. The van der Waals surface area contributed by atoms with E-state index >= 15 is 0 Å². The van der Waals surface area contributed by atoms with Crippen LogP contribution in [0.2, 0.25) is 0 Å². The smallest absolute Gasteiger partial charge is 0.235 e. The fourth-order valence-electron chi connectivity index (χ4n) is 6.83. The number of aromatic amines is 1. The van der Waals surface area contributed by atoms with Crippen LogP contribution in [0.5, 0.6) is 0 Å². The van der Waals surface area contributed by atoms with Gasteiger partial charge in [-0.05, 0) is 30.3 Å². The standard InChI is InChI=1S/C37H21N5S/c1-2-11-21(12-3-1)32-23-14-5-8-18-27(23)40-37(41-32)42-28-19-9-6-15-24(28)31-33-29(22-13-4-7-17-26(22)39-33)30-25-16-10-20-38-36(25)43-35(30)34(31)42/h1-20,39H. The number of hydrogen-bond acceptors (Lipinski definition) is 4. The second-order valence-electron chi connectivity index (χ2n) is 10.9. The van der Waals surface area contributed by atoms with Gasteiger partial charge in [0.05, 0.1) is 32.5 Å². The maximum absolute atomic E-state index is 5.33. The quantitative estimate of drug-likeness (QED) is 0.226. The average molecular weight is 568 g/mol. The van der Waals surface area contributed by atoms with E-state index in [4.69, 9.17) is 15.0 Å². The van der Waals surface area contributed by atoms with Crippen LogP contribution in [0.25, 0.3) is 92.0 Å². The van der Waals surface area contributed by atoms with Gasteiger partial charge in [0.1, 0.15) is 4.83 Å². The Balaban J connectivity index is 1.48. The molecule has 6 heteroatoms. The van der Waals surface area contributed by atoms with Crippen molar-refractivity contribution in [2.24, 2.45) is 0 Å². The highest BCUT2D eigenvalue weighted by molar-refractivity contribution is 7.26. The molecule has 0 atom stereocenters. The van der Waals surface area contributed by atoms with E-state index in [1.807, 2.05) is 24.4 Å². The first-order valence-corrected chi connectivity index (χ1v) is 15.1. The van der Waals surface area contributed by atoms with Gasteiger partial charge in [-0.25, -0.2) is 15.0 Å². The lowest BCUT2D eigenvalue weighted by molar-refractivity contribution is 1.02. The lowest BCUT2D eigenvalue weighted by Crippen LogP contribution is -2.03. The molecule has 0 bridgehead atoms. The first kappa shape index (κ1) is 23.0. The van der Waals surface area contributed by atoms with E-state index in [1.165, 1.54) is 37.0 Å². The van der Waals surface area contributed by atoms with Crippen molar-refractivity contribution in [1.82, 2.24) is 24.5 Å². The molecule has 0 aliphatic carbocycles. The molecule has 10 rings (SSSR count).